The third-order valence-electron chi connectivity index (χ3n) is 3.38. The van der Waals surface area contributed by atoms with E-state index in [0.29, 0.717) is 32.8 Å². The van der Waals surface area contributed by atoms with E-state index in [9.17, 15) is 9.59 Å². The van der Waals surface area contributed by atoms with Crippen LogP contribution >= 0.6 is 23.2 Å². The molecule has 1 amide bonds. The zero-order valence-corrected chi connectivity index (χ0v) is 15.7. The van der Waals surface area contributed by atoms with Crippen LogP contribution < -0.4 is 14.8 Å². The summed E-state index contributed by atoms with van der Waals surface area (Å²) >= 11 is 11.7. The van der Waals surface area contributed by atoms with Crippen molar-refractivity contribution < 1.29 is 23.8 Å². The molecule has 0 aliphatic rings. The van der Waals surface area contributed by atoms with Crippen LogP contribution in [0.25, 0.3) is 0 Å². The van der Waals surface area contributed by atoms with Crippen LogP contribution in [0.1, 0.15) is 5.56 Å². The highest BCUT2D eigenvalue weighted by Crippen LogP contribution is 2.28. The van der Waals surface area contributed by atoms with Crippen molar-refractivity contribution in [2.24, 2.45) is 0 Å². The number of carbonyl (C=O) groups is 2. The van der Waals surface area contributed by atoms with Gasteiger partial charge in [-0.1, -0.05) is 29.3 Å². The van der Waals surface area contributed by atoms with Crippen molar-refractivity contribution in [1.29, 1.82) is 0 Å². The van der Waals surface area contributed by atoms with Gasteiger partial charge in [0.1, 0.15) is 11.5 Å². The number of nitrogens with one attached hydrogen (secondary N) is 1. The van der Waals surface area contributed by atoms with Gasteiger partial charge in [0.2, 0.25) is 0 Å². The number of methoxy groups -OCH3 is 2. The summed E-state index contributed by atoms with van der Waals surface area (Å²) in [6.45, 7) is -0.430. The number of esters is 1. The molecule has 26 heavy (non-hydrogen) atoms. The van der Waals surface area contributed by atoms with Crippen LogP contribution in [-0.2, 0) is 20.7 Å². The highest BCUT2D eigenvalue weighted by Gasteiger charge is 2.12. The number of carbonyl (C=O) groups excluding carboxylic acids is 2. The normalized spacial score (nSPS) is 10.2. The molecule has 0 saturated carbocycles. The van der Waals surface area contributed by atoms with Gasteiger partial charge in [-0.3, -0.25) is 9.59 Å². The van der Waals surface area contributed by atoms with E-state index in [1.165, 1.54) is 14.2 Å². The Bertz CT molecular complexity index is 810. The summed E-state index contributed by atoms with van der Waals surface area (Å²) in [6, 6.07) is 9.79. The Morgan fingerprint density at radius 2 is 1.77 bits per heavy atom. The minimum atomic E-state index is -0.559. The quantitative estimate of drug-likeness (QED) is 0.720. The molecule has 0 aliphatic heterocycles. The molecule has 138 valence electrons. The van der Waals surface area contributed by atoms with E-state index in [1.54, 1.807) is 36.4 Å². The molecule has 1 N–H and O–H groups in total. The summed E-state index contributed by atoms with van der Waals surface area (Å²) in [5.41, 5.74) is 1.05. The summed E-state index contributed by atoms with van der Waals surface area (Å²) in [7, 11) is 2.99. The second-order valence-electron chi connectivity index (χ2n) is 5.20. The van der Waals surface area contributed by atoms with Gasteiger partial charge in [0.15, 0.2) is 6.61 Å². The van der Waals surface area contributed by atoms with Gasteiger partial charge in [-0.25, -0.2) is 0 Å². The largest absolute Gasteiger partial charge is 0.497 e. The minimum Gasteiger partial charge on any atom is -0.497 e. The molecule has 0 aromatic heterocycles. The van der Waals surface area contributed by atoms with Crippen LogP contribution in [-0.4, -0.2) is 32.7 Å². The Balaban J connectivity index is 1.90. The van der Waals surface area contributed by atoms with Gasteiger partial charge < -0.3 is 19.5 Å². The van der Waals surface area contributed by atoms with Crippen LogP contribution in [0.4, 0.5) is 5.69 Å². The topological polar surface area (TPSA) is 73.9 Å². The van der Waals surface area contributed by atoms with Crippen LogP contribution in [0, 0.1) is 0 Å². The molecule has 0 fully saturated rings. The first-order valence-corrected chi connectivity index (χ1v) is 8.30. The summed E-state index contributed by atoms with van der Waals surface area (Å²) < 4.78 is 15.3. The summed E-state index contributed by atoms with van der Waals surface area (Å²) in [5.74, 6) is -0.0471. The molecular weight excluding hydrogens is 381 g/mol. The van der Waals surface area contributed by atoms with E-state index in [0.717, 1.165) is 0 Å². The number of hydrogen-bond donors (Lipinski definition) is 1. The third kappa shape index (κ3) is 5.54. The Labute approximate surface area is 160 Å². The van der Waals surface area contributed by atoms with E-state index in [2.05, 4.69) is 5.32 Å². The fourth-order valence-corrected chi connectivity index (χ4v) is 2.43. The van der Waals surface area contributed by atoms with E-state index in [-0.39, 0.29) is 6.42 Å². The molecule has 2 aromatic rings. The van der Waals surface area contributed by atoms with Crippen LogP contribution in [0.15, 0.2) is 36.4 Å². The first-order chi connectivity index (χ1) is 12.4. The molecule has 0 spiro atoms. The van der Waals surface area contributed by atoms with E-state index >= 15 is 0 Å². The average molecular weight is 398 g/mol. The second-order valence-corrected chi connectivity index (χ2v) is 6.01. The molecule has 2 rings (SSSR count). The molecule has 8 heteroatoms. The molecule has 0 atom stereocenters. The maximum Gasteiger partial charge on any atom is 0.310 e. The van der Waals surface area contributed by atoms with E-state index in [1.807, 2.05) is 0 Å². The minimum absolute atomic E-state index is 0.0212. The van der Waals surface area contributed by atoms with Crippen molar-refractivity contribution in [3.05, 3.63) is 52.0 Å². The molecule has 0 unspecified atom stereocenters. The van der Waals surface area contributed by atoms with Crippen molar-refractivity contribution in [2.45, 2.75) is 6.42 Å². The first kappa shape index (κ1) is 19.9. The zero-order chi connectivity index (χ0) is 19.1. The van der Waals surface area contributed by atoms with Crippen molar-refractivity contribution in [3.8, 4) is 11.5 Å². The highest BCUT2D eigenvalue weighted by molar-refractivity contribution is 6.42. The van der Waals surface area contributed by atoms with Gasteiger partial charge in [-0.15, -0.1) is 0 Å². The van der Waals surface area contributed by atoms with Gasteiger partial charge >= 0.3 is 5.97 Å². The number of ether oxygens (including phenoxy) is 3. The van der Waals surface area contributed by atoms with Crippen LogP contribution in [0.3, 0.4) is 0 Å². The lowest BCUT2D eigenvalue weighted by atomic mass is 10.1. The number of hydrogen-bond acceptors (Lipinski definition) is 5. The predicted octanol–water partition coefficient (Wildman–Crippen LogP) is 3.74. The number of halogens is 2. The summed E-state index contributed by atoms with van der Waals surface area (Å²) in [6.07, 6.45) is -0.0212. The number of benzene rings is 2. The van der Waals surface area contributed by atoms with E-state index in [4.69, 9.17) is 37.4 Å². The first-order valence-electron chi connectivity index (χ1n) is 7.54. The van der Waals surface area contributed by atoms with Gasteiger partial charge in [0.25, 0.3) is 5.91 Å². The maximum atomic E-state index is 12.0. The Hall–Kier alpha value is -2.44. The zero-order valence-electron chi connectivity index (χ0n) is 14.2. The van der Waals surface area contributed by atoms with Gasteiger partial charge in [0, 0.05) is 6.07 Å². The Kier molecular flexibility index (Phi) is 7.12. The fraction of sp³-hybridized carbons (Fsp3) is 0.222. The monoisotopic (exact) mass is 397 g/mol. The summed E-state index contributed by atoms with van der Waals surface area (Å²) in [4.78, 5) is 23.9. The van der Waals surface area contributed by atoms with Gasteiger partial charge in [-0.05, 0) is 29.8 Å². The molecule has 0 bridgehead atoms. The van der Waals surface area contributed by atoms with Crippen molar-refractivity contribution in [3.63, 3.8) is 0 Å². The smallest absolute Gasteiger partial charge is 0.310 e. The maximum absolute atomic E-state index is 12.0. The molecule has 6 nitrogen and oxygen atoms in total. The Morgan fingerprint density at radius 3 is 2.42 bits per heavy atom. The third-order valence-corrected chi connectivity index (χ3v) is 4.12. The van der Waals surface area contributed by atoms with Crippen LogP contribution in [0.2, 0.25) is 10.0 Å². The standard InChI is InChI=1S/C18H17Cl2NO5/c1-24-12-4-6-16(25-2)15(9-12)21-17(22)10-26-18(23)8-11-3-5-13(19)14(20)7-11/h3-7,9H,8,10H2,1-2H3,(H,21,22). The van der Waals surface area contributed by atoms with Gasteiger partial charge in [-0.2, -0.15) is 0 Å². The number of rotatable bonds is 7. The molecule has 0 radical (unpaired) electrons. The second kappa shape index (κ2) is 9.31. The Morgan fingerprint density at radius 1 is 1.00 bits per heavy atom. The van der Waals surface area contributed by atoms with Crippen LogP contribution in [0.5, 0.6) is 11.5 Å². The summed E-state index contributed by atoms with van der Waals surface area (Å²) in [5, 5.41) is 3.36. The van der Waals surface area contributed by atoms with Crippen molar-refractivity contribution in [2.75, 3.05) is 26.1 Å². The number of amides is 1. The van der Waals surface area contributed by atoms with Crippen molar-refractivity contribution in [1.82, 2.24) is 0 Å². The lowest BCUT2D eigenvalue weighted by Crippen LogP contribution is -2.22. The molecule has 0 aliphatic carbocycles. The fourth-order valence-electron chi connectivity index (χ4n) is 2.11. The van der Waals surface area contributed by atoms with E-state index < -0.39 is 18.5 Å². The highest BCUT2D eigenvalue weighted by atomic mass is 35.5. The average Bonchev–Trinajstić information content (AvgIpc) is 2.63. The van der Waals surface area contributed by atoms with Gasteiger partial charge in [0.05, 0.1) is 36.4 Å². The molecule has 0 heterocycles. The SMILES string of the molecule is COc1ccc(OC)c(NC(=O)COC(=O)Cc2ccc(Cl)c(Cl)c2)c1. The molecule has 2 aromatic carbocycles. The lowest BCUT2D eigenvalue weighted by molar-refractivity contribution is -0.146. The number of anilines is 1. The predicted molar refractivity (Wildman–Crippen MR) is 99.3 cm³/mol. The molecular formula is C18H17Cl2NO5. The lowest BCUT2D eigenvalue weighted by Gasteiger charge is -2.12. The van der Waals surface area contributed by atoms with Crippen molar-refractivity contribution >= 4 is 40.8 Å². The molecule has 0 saturated heterocycles.